The molecular weight excluding hydrogens is 304 g/mol. The Morgan fingerprint density at radius 1 is 1.33 bits per heavy atom. The molecule has 126 valence electrons. The number of carbonyl (C=O) groups is 1. The molecule has 6 heteroatoms. The summed E-state index contributed by atoms with van der Waals surface area (Å²) in [6, 6.07) is 7.94. The molecule has 0 radical (unpaired) electrons. The minimum Gasteiger partial charge on any atom is -0.497 e. The van der Waals surface area contributed by atoms with Crippen LogP contribution in [0.15, 0.2) is 42.9 Å². The Hall–Kier alpha value is -2.47. The summed E-state index contributed by atoms with van der Waals surface area (Å²) in [5, 5.41) is 2.81. The lowest BCUT2D eigenvalue weighted by Gasteiger charge is -2.36. The summed E-state index contributed by atoms with van der Waals surface area (Å²) in [7, 11) is 3.32. The fraction of sp³-hybridized carbons (Fsp3) is 0.389. The highest BCUT2D eigenvalue weighted by Gasteiger charge is 2.49. The van der Waals surface area contributed by atoms with Gasteiger partial charge in [0.2, 0.25) is 5.91 Å². The van der Waals surface area contributed by atoms with Crippen LogP contribution in [-0.4, -0.2) is 41.5 Å². The molecule has 1 atom stereocenters. The highest BCUT2D eigenvalue weighted by molar-refractivity contribution is 5.87. The zero-order valence-corrected chi connectivity index (χ0v) is 14.0. The van der Waals surface area contributed by atoms with Crippen molar-refractivity contribution in [2.45, 2.75) is 24.9 Å². The molecule has 1 aromatic heterocycles. The van der Waals surface area contributed by atoms with Crippen molar-refractivity contribution in [1.29, 1.82) is 0 Å². The minimum absolute atomic E-state index is 0.0333. The van der Waals surface area contributed by atoms with Crippen molar-refractivity contribution < 1.29 is 9.53 Å². The number of ether oxygens (including phenoxy) is 1. The van der Waals surface area contributed by atoms with Gasteiger partial charge < -0.3 is 10.1 Å². The topological polar surface area (TPSA) is 67.4 Å². The van der Waals surface area contributed by atoms with Crippen LogP contribution in [0.3, 0.4) is 0 Å². The van der Waals surface area contributed by atoms with Crippen molar-refractivity contribution in [3.63, 3.8) is 0 Å². The largest absolute Gasteiger partial charge is 0.497 e. The lowest BCUT2D eigenvalue weighted by atomic mass is 9.90. The molecule has 24 heavy (non-hydrogen) atoms. The van der Waals surface area contributed by atoms with Crippen LogP contribution in [0, 0.1) is 0 Å². The van der Waals surface area contributed by atoms with Gasteiger partial charge in [0.15, 0.2) is 0 Å². The van der Waals surface area contributed by atoms with E-state index in [1.807, 2.05) is 24.3 Å². The summed E-state index contributed by atoms with van der Waals surface area (Å²) >= 11 is 0. The molecule has 0 spiro atoms. The highest BCUT2D eigenvalue weighted by atomic mass is 16.5. The molecule has 0 unspecified atom stereocenters. The maximum absolute atomic E-state index is 12.8. The number of nitrogens with zero attached hydrogens (tertiary/aromatic N) is 3. The number of likely N-dealkylation sites (tertiary alicyclic amines) is 1. The average molecular weight is 326 g/mol. The molecule has 3 rings (SSSR count). The van der Waals surface area contributed by atoms with E-state index in [1.54, 1.807) is 32.7 Å². The number of aromatic nitrogens is 2. The molecule has 1 aromatic carbocycles. The van der Waals surface area contributed by atoms with E-state index in [0.29, 0.717) is 12.2 Å². The normalized spacial score (nSPS) is 20.8. The van der Waals surface area contributed by atoms with E-state index < -0.39 is 5.54 Å². The lowest BCUT2D eigenvalue weighted by Crippen LogP contribution is -2.52. The third-order valence-electron chi connectivity index (χ3n) is 4.63. The fourth-order valence-corrected chi connectivity index (χ4v) is 3.42. The van der Waals surface area contributed by atoms with Crippen molar-refractivity contribution in [3.8, 4) is 5.75 Å². The molecule has 0 bridgehead atoms. The molecule has 1 saturated heterocycles. The van der Waals surface area contributed by atoms with Crippen molar-refractivity contribution in [2.24, 2.45) is 0 Å². The zero-order valence-electron chi connectivity index (χ0n) is 14.0. The maximum atomic E-state index is 12.8. The monoisotopic (exact) mass is 326 g/mol. The summed E-state index contributed by atoms with van der Waals surface area (Å²) < 4.78 is 5.21. The van der Waals surface area contributed by atoms with Gasteiger partial charge in [-0.1, -0.05) is 12.1 Å². The quantitative estimate of drug-likeness (QED) is 0.906. The second-order valence-electron chi connectivity index (χ2n) is 5.90. The Morgan fingerprint density at radius 2 is 2.12 bits per heavy atom. The molecule has 2 heterocycles. The third-order valence-corrected chi connectivity index (χ3v) is 4.63. The molecule has 0 saturated carbocycles. The second-order valence-corrected chi connectivity index (χ2v) is 5.90. The van der Waals surface area contributed by atoms with Crippen LogP contribution in [0.1, 0.15) is 24.1 Å². The lowest BCUT2D eigenvalue weighted by molar-refractivity contribution is -0.132. The van der Waals surface area contributed by atoms with Crippen LogP contribution in [0.5, 0.6) is 5.75 Å². The Bertz CT molecular complexity index is 690. The van der Waals surface area contributed by atoms with Gasteiger partial charge >= 0.3 is 0 Å². The van der Waals surface area contributed by atoms with E-state index in [-0.39, 0.29) is 5.91 Å². The number of amides is 1. The number of benzene rings is 1. The van der Waals surface area contributed by atoms with E-state index in [0.717, 1.165) is 30.7 Å². The smallest absolute Gasteiger partial charge is 0.246 e. The molecule has 1 fully saturated rings. The Kier molecular flexibility index (Phi) is 4.76. The number of nitrogens with one attached hydrogen (secondary N) is 1. The van der Waals surface area contributed by atoms with Crippen LogP contribution >= 0.6 is 0 Å². The predicted molar refractivity (Wildman–Crippen MR) is 90.4 cm³/mol. The first kappa shape index (κ1) is 16.4. The van der Waals surface area contributed by atoms with Crippen LogP contribution < -0.4 is 10.1 Å². The molecule has 6 nitrogen and oxygen atoms in total. The molecule has 1 N–H and O–H groups in total. The molecule has 1 aliphatic rings. The van der Waals surface area contributed by atoms with Crippen molar-refractivity contribution in [2.75, 3.05) is 20.7 Å². The van der Waals surface area contributed by atoms with E-state index in [4.69, 9.17) is 4.74 Å². The van der Waals surface area contributed by atoms with Gasteiger partial charge in [-0.2, -0.15) is 0 Å². The van der Waals surface area contributed by atoms with Gasteiger partial charge in [-0.25, -0.2) is 0 Å². The van der Waals surface area contributed by atoms with Gasteiger partial charge in [0.25, 0.3) is 0 Å². The van der Waals surface area contributed by atoms with Crippen LogP contribution in [0.25, 0.3) is 0 Å². The van der Waals surface area contributed by atoms with Crippen molar-refractivity contribution >= 4 is 5.91 Å². The van der Waals surface area contributed by atoms with Gasteiger partial charge in [0.1, 0.15) is 11.3 Å². The Labute approximate surface area is 141 Å². The van der Waals surface area contributed by atoms with Gasteiger partial charge in [-0.15, -0.1) is 0 Å². The SMILES string of the molecule is CNC(=O)[C@]1(c2cnccn2)CCCN1Cc1ccc(OC)cc1. The fourth-order valence-electron chi connectivity index (χ4n) is 3.42. The molecule has 1 amide bonds. The molecular formula is C18H22N4O2. The van der Waals surface area contributed by atoms with Gasteiger partial charge in [0.05, 0.1) is 19.0 Å². The van der Waals surface area contributed by atoms with E-state index in [2.05, 4.69) is 20.2 Å². The number of methoxy groups -OCH3 is 1. The number of hydrogen-bond donors (Lipinski definition) is 1. The van der Waals surface area contributed by atoms with Crippen molar-refractivity contribution in [1.82, 2.24) is 20.2 Å². The van der Waals surface area contributed by atoms with E-state index in [1.165, 1.54) is 0 Å². The van der Waals surface area contributed by atoms with E-state index in [9.17, 15) is 4.79 Å². The summed E-state index contributed by atoms with van der Waals surface area (Å²) in [6.45, 7) is 1.52. The molecule has 2 aromatic rings. The maximum Gasteiger partial charge on any atom is 0.246 e. The Morgan fingerprint density at radius 3 is 2.75 bits per heavy atom. The van der Waals surface area contributed by atoms with Crippen LogP contribution in [-0.2, 0) is 16.9 Å². The van der Waals surface area contributed by atoms with Gasteiger partial charge in [-0.3, -0.25) is 19.7 Å². The standard InChI is InChI=1S/C18H22N4O2/c1-19-17(23)18(16-12-20-9-10-21-16)8-3-11-22(18)13-14-4-6-15(24-2)7-5-14/h4-7,9-10,12H,3,8,11,13H2,1-2H3,(H,19,23)/t18-/m1/s1. The number of hydrogen-bond acceptors (Lipinski definition) is 5. The third kappa shape index (κ3) is 2.85. The van der Waals surface area contributed by atoms with Crippen LogP contribution in [0.4, 0.5) is 0 Å². The van der Waals surface area contributed by atoms with Gasteiger partial charge in [-0.05, 0) is 37.1 Å². The summed E-state index contributed by atoms with van der Waals surface area (Å²) in [5.74, 6) is 0.792. The zero-order chi connectivity index (χ0) is 17.0. The number of likely N-dealkylation sites (N-methyl/N-ethyl adjacent to an activating group) is 1. The number of carbonyl (C=O) groups excluding carboxylic acids is 1. The van der Waals surface area contributed by atoms with Gasteiger partial charge in [0, 0.05) is 26.0 Å². The average Bonchev–Trinajstić information content (AvgIpc) is 3.07. The first-order valence-corrected chi connectivity index (χ1v) is 8.07. The summed E-state index contributed by atoms with van der Waals surface area (Å²) in [6.07, 6.45) is 6.65. The number of rotatable bonds is 5. The first-order chi connectivity index (χ1) is 11.7. The summed E-state index contributed by atoms with van der Waals surface area (Å²) in [4.78, 5) is 23.6. The van der Waals surface area contributed by atoms with Crippen LogP contribution in [0.2, 0.25) is 0 Å². The first-order valence-electron chi connectivity index (χ1n) is 8.07. The van der Waals surface area contributed by atoms with Crippen molar-refractivity contribution in [3.05, 3.63) is 54.1 Å². The predicted octanol–water partition coefficient (Wildman–Crippen LogP) is 1.72. The Balaban J connectivity index is 1.93. The minimum atomic E-state index is -0.761. The summed E-state index contributed by atoms with van der Waals surface area (Å²) in [5.41, 5.74) is 1.08. The highest BCUT2D eigenvalue weighted by Crippen LogP contribution is 2.39. The molecule has 0 aliphatic carbocycles. The second kappa shape index (κ2) is 6.97. The van der Waals surface area contributed by atoms with E-state index >= 15 is 0 Å². The molecule has 1 aliphatic heterocycles.